The minimum atomic E-state index is 0.805. The number of hydrogen-bond acceptors (Lipinski definition) is 2. The van der Waals surface area contributed by atoms with Crippen molar-refractivity contribution in [3.8, 4) is 0 Å². The highest BCUT2D eigenvalue weighted by Gasteiger charge is 2.16. The van der Waals surface area contributed by atoms with Gasteiger partial charge in [-0.25, -0.2) is 0 Å². The highest BCUT2D eigenvalue weighted by Crippen LogP contribution is 2.22. The summed E-state index contributed by atoms with van der Waals surface area (Å²) in [6, 6.07) is 3.12. The van der Waals surface area contributed by atoms with Crippen molar-refractivity contribution in [1.29, 1.82) is 0 Å². The van der Waals surface area contributed by atoms with Crippen molar-refractivity contribution < 1.29 is 0 Å². The summed E-state index contributed by atoms with van der Waals surface area (Å²) >= 11 is 1.91. The smallest absolute Gasteiger partial charge is 0.0219 e. The largest absolute Gasteiger partial charge is 0.310 e. The van der Waals surface area contributed by atoms with Crippen LogP contribution in [0.3, 0.4) is 0 Å². The maximum atomic E-state index is 3.60. The molecule has 1 aromatic rings. The standard InChI is InChI=1S/C11H17NS/c1-8-6-10(9(2)13-8)7-12-11-4-3-5-11/h6,11-12H,3-5,7H2,1-2H3. The van der Waals surface area contributed by atoms with E-state index >= 15 is 0 Å². The van der Waals surface area contributed by atoms with Gasteiger partial charge in [0.05, 0.1) is 0 Å². The van der Waals surface area contributed by atoms with E-state index < -0.39 is 0 Å². The summed E-state index contributed by atoms with van der Waals surface area (Å²) in [4.78, 5) is 2.91. The van der Waals surface area contributed by atoms with E-state index in [4.69, 9.17) is 0 Å². The Bertz CT molecular complexity index is 286. The lowest BCUT2D eigenvalue weighted by Crippen LogP contribution is -2.34. The van der Waals surface area contributed by atoms with Gasteiger partial charge in [0.2, 0.25) is 0 Å². The van der Waals surface area contributed by atoms with Crippen LogP contribution in [0.25, 0.3) is 0 Å². The monoisotopic (exact) mass is 195 g/mol. The molecule has 0 spiro atoms. The van der Waals surface area contributed by atoms with Crippen LogP contribution in [0, 0.1) is 13.8 Å². The third-order valence-electron chi connectivity index (χ3n) is 2.83. The van der Waals surface area contributed by atoms with Crippen LogP contribution in [0.4, 0.5) is 0 Å². The van der Waals surface area contributed by atoms with Crippen molar-refractivity contribution in [2.75, 3.05) is 0 Å². The predicted molar refractivity (Wildman–Crippen MR) is 58.3 cm³/mol. The molecule has 0 aromatic carbocycles. The number of hydrogen-bond donors (Lipinski definition) is 1. The maximum Gasteiger partial charge on any atom is 0.0219 e. The van der Waals surface area contributed by atoms with Crippen LogP contribution in [0.1, 0.15) is 34.6 Å². The lowest BCUT2D eigenvalue weighted by Gasteiger charge is -2.26. The molecule has 1 heterocycles. The summed E-state index contributed by atoms with van der Waals surface area (Å²) in [5.41, 5.74) is 1.49. The van der Waals surface area contributed by atoms with E-state index in [2.05, 4.69) is 25.2 Å². The molecule has 2 heteroatoms. The van der Waals surface area contributed by atoms with E-state index in [-0.39, 0.29) is 0 Å². The number of nitrogens with one attached hydrogen (secondary N) is 1. The lowest BCUT2D eigenvalue weighted by molar-refractivity contribution is 0.338. The van der Waals surface area contributed by atoms with Gasteiger partial charge in [-0.15, -0.1) is 11.3 Å². The van der Waals surface area contributed by atoms with Gasteiger partial charge in [0, 0.05) is 22.3 Å². The first-order valence-electron chi connectivity index (χ1n) is 5.05. The van der Waals surface area contributed by atoms with Crippen LogP contribution in [0.5, 0.6) is 0 Å². The third kappa shape index (κ3) is 2.12. The summed E-state index contributed by atoms with van der Waals surface area (Å²) in [7, 11) is 0. The second kappa shape index (κ2) is 3.81. The molecule has 0 bridgehead atoms. The van der Waals surface area contributed by atoms with E-state index in [9.17, 15) is 0 Å². The summed E-state index contributed by atoms with van der Waals surface area (Å²) in [5, 5.41) is 3.60. The molecule has 0 unspecified atom stereocenters. The zero-order chi connectivity index (χ0) is 9.26. The topological polar surface area (TPSA) is 12.0 Å². The molecule has 0 radical (unpaired) electrons. The molecule has 0 amide bonds. The van der Waals surface area contributed by atoms with Gasteiger partial charge in [-0.1, -0.05) is 6.42 Å². The van der Waals surface area contributed by atoms with Crippen molar-refractivity contribution in [2.24, 2.45) is 0 Å². The summed E-state index contributed by atoms with van der Waals surface area (Å²) in [5.74, 6) is 0. The molecule has 0 aliphatic heterocycles. The molecular weight excluding hydrogens is 178 g/mol. The van der Waals surface area contributed by atoms with Gasteiger partial charge in [0.1, 0.15) is 0 Å². The fraction of sp³-hybridized carbons (Fsp3) is 0.636. The first kappa shape index (κ1) is 9.22. The Morgan fingerprint density at radius 2 is 2.23 bits per heavy atom. The number of thiophene rings is 1. The third-order valence-corrected chi connectivity index (χ3v) is 3.84. The van der Waals surface area contributed by atoms with Gasteiger partial charge in [0.15, 0.2) is 0 Å². The van der Waals surface area contributed by atoms with Gasteiger partial charge in [0.25, 0.3) is 0 Å². The van der Waals surface area contributed by atoms with Crippen LogP contribution >= 0.6 is 11.3 Å². The Hall–Kier alpha value is -0.340. The normalized spacial score (nSPS) is 17.4. The van der Waals surface area contributed by atoms with Crippen molar-refractivity contribution in [3.05, 3.63) is 21.4 Å². The quantitative estimate of drug-likeness (QED) is 0.782. The SMILES string of the molecule is Cc1cc(CNC2CCC2)c(C)s1. The molecule has 0 atom stereocenters. The summed E-state index contributed by atoms with van der Waals surface area (Å²) in [6.07, 6.45) is 4.17. The Kier molecular flexibility index (Phi) is 2.70. The number of aryl methyl sites for hydroxylation is 2. The molecule has 1 N–H and O–H groups in total. The molecule has 1 aliphatic rings. The van der Waals surface area contributed by atoms with E-state index in [1.54, 1.807) is 0 Å². The predicted octanol–water partition coefficient (Wildman–Crippen LogP) is 3.01. The van der Waals surface area contributed by atoms with E-state index in [0.29, 0.717) is 0 Å². The Labute approximate surface area is 84.2 Å². The fourth-order valence-electron chi connectivity index (χ4n) is 1.73. The fourth-order valence-corrected chi connectivity index (χ4v) is 2.67. The zero-order valence-electron chi connectivity index (χ0n) is 8.39. The van der Waals surface area contributed by atoms with Crippen LogP contribution in [-0.2, 0) is 6.54 Å². The molecule has 2 rings (SSSR count). The Morgan fingerprint density at radius 3 is 2.69 bits per heavy atom. The van der Waals surface area contributed by atoms with E-state index in [0.717, 1.165) is 12.6 Å². The molecule has 1 nitrogen and oxygen atoms in total. The van der Waals surface area contributed by atoms with Crippen molar-refractivity contribution >= 4 is 11.3 Å². The Balaban J connectivity index is 1.89. The number of rotatable bonds is 3. The molecule has 72 valence electrons. The molecule has 1 aliphatic carbocycles. The van der Waals surface area contributed by atoms with Crippen LogP contribution < -0.4 is 5.32 Å². The first-order valence-corrected chi connectivity index (χ1v) is 5.86. The van der Waals surface area contributed by atoms with Crippen molar-refractivity contribution in [1.82, 2.24) is 5.32 Å². The van der Waals surface area contributed by atoms with Gasteiger partial charge in [-0.2, -0.15) is 0 Å². The van der Waals surface area contributed by atoms with Gasteiger partial charge in [-0.05, 0) is 38.3 Å². The van der Waals surface area contributed by atoms with Crippen LogP contribution in [-0.4, -0.2) is 6.04 Å². The summed E-state index contributed by atoms with van der Waals surface area (Å²) in [6.45, 7) is 5.47. The van der Waals surface area contributed by atoms with Crippen LogP contribution in [0.15, 0.2) is 6.07 Å². The molecule has 1 fully saturated rings. The lowest BCUT2D eigenvalue weighted by atomic mass is 9.93. The summed E-state index contributed by atoms with van der Waals surface area (Å²) < 4.78 is 0. The molecule has 13 heavy (non-hydrogen) atoms. The second-order valence-electron chi connectivity index (χ2n) is 3.95. The molecule has 1 saturated carbocycles. The van der Waals surface area contributed by atoms with Crippen molar-refractivity contribution in [2.45, 2.75) is 45.7 Å². The molecule has 0 saturated heterocycles. The van der Waals surface area contributed by atoms with Gasteiger partial charge < -0.3 is 5.32 Å². The minimum absolute atomic E-state index is 0.805. The average molecular weight is 195 g/mol. The Morgan fingerprint density at radius 1 is 1.46 bits per heavy atom. The molecular formula is C11H17NS. The highest BCUT2D eigenvalue weighted by atomic mass is 32.1. The second-order valence-corrected chi connectivity index (χ2v) is 5.41. The maximum absolute atomic E-state index is 3.60. The van der Waals surface area contributed by atoms with E-state index in [1.165, 1.54) is 34.6 Å². The zero-order valence-corrected chi connectivity index (χ0v) is 9.21. The van der Waals surface area contributed by atoms with E-state index in [1.807, 2.05) is 11.3 Å². The first-order chi connectivity index (χ1) is 6.25. The molecule has 1 aromatic heterocycles. The minimum Gasteiger partial charge on any atom is -0.310 e. The van der Waals surface area contributed by atoms with Crippen molar-refractivity contribution in [3.63, 3.8) is 0 Å². The van der Waals surface area contributed by atoms with Gasteiger partial charge in [-0.3, -0.25) is 0 Å². The highest BCUT2D eigenvalue weighted by molar-refractivity contribution is 7.12. The average Bonchev–Trinajstić information content (AvgIpc) is 2.27. The van der Waals surface area contributed by atoms with Gasteiger partial charge >= 0.3 is 0 Å². The van der Waals surface area contributed by atoms with Crippen LogP contribution in [0.2, 0.25) is 0 Å².